The predicted molar refractivity (Wildman–Crippen MR) is 59.5 cm³/mol. The Morgan fingerprint density at radius 1 is 1.53 bits per heavy atom. The zero-order chi connectivity index (χ0) is 11.3. The van der Waals surface area contributed by atoms with E-state index in [9.17, 15) is 0 Å². The minimum atomic E-state index is 0.134. The van der Waals surface area contributed by atoms with Crippen molar-refractivity contribution < 1.29 is 4.74 Å². The number of nitrogens with two attached hydrogens (primary N) is 1. The van der Waals surface area contributed by atoms with Crippen LogP contribution < -0.4 is 16.6 Å². The third-order valence-electron chi connectivity index (χ3n) is 1.96. The van der Waals surface area contributed by atoms with Crippen LogP contribution >= 0.6 is 0 Å². The van der Waals surface area contributed by atoms with Gasteiger partial charge in [0.2, 0.25) is 5.95 Å². The molecule has 0 spiro atoms. The number of nitrogen functional groups attached to an aromatic ring is 1. The van der Waals surface area contributed by atoms with E-state index in [1.165, 1.54) is 0 Å². The predicted octanol–water partition coefficient (Wildman–Crippen LogP) is 0.517. The Bertz CT molecular complexity index is 317. The molecule has 6 heteroatoms. The molecule has 1 rings (SSSR count). The van der Waals surface area contributed by atoms with Crippen molar-refractivity contribution in [2.75, 3.05) is 24.4 Å². The molecule has 0 radical (unpaired) electrons. The Balaban J connectivity index is 2.64. The van der Waals surface area contributed by atoms with Gasteiger partial charge in [-0.1, -0.05) is 0 Å². The van der Waals surface area contributed by atoms with E-state index in [4.69, 9.17) is 10.6 Å². The maximum absolute atomic E-state index is 5.24. The molecule has 1 aromatic heterocycles. The van der Waals surface area contributed by atoms with E-state index < -0.39 is 0 Å². The topological polar surface area (TPSA) is 85.1 Å². The van der Waals surface area contributed by atoms with Crippen molar-refractivity contribution in [3.8, 4) is 0 Å². The Hall–Kier alpha value is -1.40. The van der Waals surface area contributed by atoms with E-state index in [-0.39, 0.29) is 6.10 Å². The number of hydrazine groups is 1. The Labute approximate surface area is 89.2 Å². The fourth-order valence-electron chi connectivity index (χ4n) is 1.06. The van der Waals surface area contributed by atoms with E-state index in [1.807, 2.05) is 19.9 Å². The van der Waals surface area contributed by atoms with Crippen molar-refractivity contribution in [3.05, 3.63) is 11.8 Å². The van der Waals surface area contributed by atoms with Gasteiger partial charge in [-0.3, -0.25) is 5.43 Å². The van der Waals surface area contributed by atoms with Crippen molar-refractivity contribution in [1.29, 1.82) is 0 Å². The van der Waals surface area contributed by atoms with Crippen LogP contribution in [0.3, 0.4) is 0 Å². The lowest BCUT2D eigenvalue weighted by Crippen LogP contribution is -2.19. The summed E-state index contributed by atoms with van der Waals surface area (Å²) in [7, 11) is 1.67. The molecule has 15 heavy (non-hydrogen) atoms. The van der Waals surface area contributed by atoms with Gasteiger partial charge in [-0.05, 0) is 13.8 Å². The molecule has 0 saturated heterocycles. The normalized spacial score (nSPS) is 12.3. The molecule has 4 N–H and O–H groups in total. The number of ether oxygens (including phenoxy) is 1. The second-order valence-corrected chi connectivity index (χ2v) is 3.29. The first-order valence-corrected chi connectivity index (χ1v) is 4.74. The van der Waals surface area contributed by atoms with Crippen LogP contribution in [-0.4, -0.2) is 29.7 Å². The lowest BCUT2D eigenvalue weighted by molar-refractivity contribution is 0.128. The lowest BCUT2D eigenvalue weighted by atomic mass is 10.4. The third kappa shape index (κ3) is 3.69. The van der Waals surface area contributed by atoms with E-state index in [1.54, 1.807) is 7.11 Å². The second-order valence-electron chi connectivity index (χ2n) is 3.29. The summed E-state index contributed by atoms with van der Waals surface area (Å²) in [6.45, 7) is 4.55. The van der Waals surface area contributed by atoms with E-state index >= 15 is 0 Å². The smallest absolute Gasteiger partial charge is 0.239 e. The molecular formula is C9H17N5O. The molecular weight excluding hydrogens is 194 g/mol. The lowest BCUT2D eigenvalue weighted by Gasteiger charge is -2.12. The molecule has 0 bridgehead atoms. The number of hydrogen-bond donors (Lipinski definition) is 3. The van der Waals surface area contributed by atoms with Crippen molar-refractivity contribution >= 4 is 11.8 Å². The molecule has 0 aliphatic carbocycles. The highest BCUT2D eigenvalue weighted by Crippen LogP contribution is 2.08. The summed E-state index contributed by atoms with van der Waals surface area (Å²) in [6, 6.07) is 1.85. The van der Waals surface area contributed by atoms with Gasteiger partial charge in [0, 0.05) is 25.4 Å². The van der Waals surface area contributed by atoms with Gasteiger partial charge in [-0.2, -0.15) is 4.98 Å². The average molecular weight is 211 g/mol. The number of methoxy groups -OCH3 is 1. The first-order valence-electron chi connectivity index (χ1n) is 4.74. The zero-order valence-electron chi connectivity index (χ0n) is 9.24. The molecule has 0 aliphatic heterocycles. The monoisotopic (exact) mass is 211 g/mol. The van der Waals surface area contributed by atoms with E-state index in [0.29, 0.717) is 12.5 Å². The Morgan fingerprint density at radius 3 is 2.87 bits per heavy atom. The summed E-state index contributed by atoms with van der Waals surface area (Å²) in [6.07, 6.45) is 0.134. The largest absolute Gasteiger partial charge is 0.380 e. The van der Waals surface area contributed by atoms with E-state index in [2.05, 4.69) is 20.7 Å². The molecule has 0 fully saturated rings. The SMILES string of the molecule is COC(C)CNc1cc(C)nc(NN)n1. The molecule has 0 amide bonds. The molecule has 1 unspecified atom stereocenters. The first-order chi connectivity index (χ1) is 7.15. The Kier molecular flexibility index (Phi) is 4.26. The van der Waals surface area contributed by atoms with Crippen molar-refractivity contribution in [1.82, 2.24) is 9.97 Å². The van der Waals surface area contributed by atoms with Crippen LogP contribution in [0.4, 0.5) is 11.8 Å². The van der Waals surface area contributed by atoms with Crippen LogP contribution in [0.25, 0.3) is 0 Å². The quantitative estimate of drug-likeness (QED) is 0.486. The van der Waals surface area contributed by atoms with Gasteiger partial charge in [0.15, 0.2) is 0 Å². The third-order valence-corrected chi connectivity index (χ3v) is 1.96. The fraction of sp³-hybridized carbons (Fsp3) is 0.556. The molecule has 1 heterocycles. The summed E-state index contributed by atoms with van der Waals surface area (Å²) in [4.78, 5) is 8.23. The minimum absolute atomic E-state index is 0.134. The number of aryl methyl sites for hydroxylation is 1. The minimum Gasteiger partial charge on any atom is -0.380 e. The van der Waals surface area contributed by atoms with Gasteiger partial charge >= 0.3 is 0 Å². The number of anilines is 2. The highest BCUT2D eigenvalue weighted by Gasteiger charge is 2.02. The first kappa shape index (κ1) is 11.7. The number of rotatable bonds is 5. The van der Waals surface area contributed by atoms with Gasteiger partial charge in [0.1, 0.15) is 5.82 Å². The second kappa shape index (κ2) is 5.47. The van der Waals surface area contributed by atoms with E-state index in [0.717, 1.165) is 11.5 Å². The highest BCUT2D eigenvalue weighted by atomic mass is 16.5. The summed E-state index contributed by atoms with van der Waals surface area (Å²) >= 11 is 0. The molecule has 0 aromatic carbocycles. The molecule has 84 valence electrons. The van der Waals surface area contributed by atoms with Gasteiger partial charge in [-0.15, -0.1) is 0 Å². The fourth-order valence-corrected chi connectivity index (χ4v) is 1.06. The van der Waals surface area contributed by atoms with Crippen molar-refractivity contribution in [2.24, 2.45) is 5.84 Å². The van der Waals surface area contributed by atoms with Crippen LogP contribution in [-0.2, 0) is 4.74 Å². The van der Waals surface area contributed by atoms with Crippen LogP contribution in [0.15, 0.2) is 6.07 Å². The van der Waals surface area contributed by atoms with Crippen LogP contribution in [0, 0.1) is 6.92 Å². The molecule has 1 atom stereocenters. The van der Waals surface area contributed by atoms with Gasteiger partial charge in [0.25, 0.3) is 0 Å². The summed E-state index contributed by atoms with van der Waals surface area (Å²) in [5.74, 6) is 6.38. The van der Waals surface area contributed by atoms with Gasteiger partial charge in [-0.25, -0.2) is 10.8 Å². The summed E-state index contributed by atoms with van der Waals surface area (Å²) in [5, 5.41) is 3.14. The number of nitrogens with zero attached hydrogens (tertiary/aromatic N) is 2. The maximum atomic E-state index is 5.24. The number of nitrogens with one attached hydrogen (secondary N) is 2. The maximum Gasteiger partial charge on any atom is 0.239 e. The van der Waals surface area contributed by atoms with Gasteiger partial charge < -0.3 is 10.1 Å². The standard InChI is InChI=1S/C9H17N5O/c1-6-4-8(11-5-7(2)15-3)13-9(12-6)14-10/h4,7H,5,10H2,1-3H3,(H2,11,12,13,14). The number of hydrogen-bond acceptors (Lipinski definition) is 6. The molecule has 0 saturated carbocycles. The number of aromatic nitrogens is 2. The average Bonchev–Trinajstić information content (AvgIpc) is 2.25. The molecule has 6 nitrogen and oxygen atoms in total. The molecule has 1 aromatic rings. The van der Waals surface area contributed by atoms with Crippen LogP contribution in [0.2, 0.25) is 0 Å². The Morgan fingerprint density at radius 2 is 2.27 bits per heavy atom. The van der Waals surface area contributed by atoms with Crippen molar-refractivity contribution in [2.45, 2.75) is 20.0 Å². The van der Waals surface area contributed by atoms with Crippen LogP contribution in [0.5, 0.6) is 0 Å². The summed E-state index contributed by atoms with van der Waals surface area (Å²) in [5.41, 5.74) is 3.27. The van der Waals surface area contributed by atoms with Crippen molar-refractivity contribution in [3.63, 3.8) is 0 Å². The van der Waals surface area contributed by atoms with Gasteiger partial charge in [0.05, 0.1) is 6.10 Å². The van der Waals surface area contributed by atoms with Crippen LogP contribution in [0.1, 0.15) is 12.6 Å². The highest BCUT2D eigenvalue weighted by molar-refractivity contribution is 5.41. The molecule has 0 aliphatic rings. The zero-order valence-corrected chi connectivity index (χ0v) is 9.24. The summed E-state index contributed by atoms with van der Waals surface area (Å²) < 4.78 is 5.11.